The van der Waals surface area contributed by atoms with Gasteiger partial charge in [-0.1, -0.05) is 219 Å². The zero-order valence-electron chi connectivity index (χ0n) is 57.1. The Kier molecular flexibility index (Phi) is 43.1. The lowest BCUT2D eigenvalue weighted by atomic mass is 9.95. The lowest BCUT2D eigenvalue weighted by Gasteiger charge is -2.48. The summed E-state index contributed by atoms with van der Waals surface area (Å²) < 4.78 is 47.2. The molecule has 24 unspecified atom stereocenters. The van der Waals surface area contributed by atoms with Crippen molar-refractivity contribution < 1.29 is 119 Å². The third-order valence-corrected chi connectivity index (χ3v) is 19.1. The van der Waals surface area contributed by atoms with E-state index in [1.165, 1.54) is 142 Å². The number of ether oxygens (including phenoxy) is 8. The van der Waals surface area contributed by atoms with Crippen molar-refractivity contribution in [2.75, 3.05) is 26.4 Å². The average molecular weight is 1360 g/mol. The van der Waals surface area contributed by atoms with Crippen LogP contribution < -0.4 is 10.6 Å². The molecule has 4 rings (SSSR count). The third kappa shape index (κ3) is 29.3. The fourth-order valence-corrected chi connectivity index (χ4v) is 12.9. The van der Waals surface area contributed by atoms with E-state index in [-0.39, 0.29) is 12.8 Å². The van der Waals surface area contributed by atoms with Crippen molar-refractivity contribution in [3.63, 3.8) is 0 Å². The lowest BCUT2D eigenvalue weighted by Crippen LogP contribution is -2.68. The first-order valence-electron chi connectivity index (χ1n) is 36.3. The average Bonchev–Trinajstić information content (AvgIpc) is 0.790. The molecule has 0 saturated carbocycles. The maximum atomic E-state index is 13.7. The van der Waals surface area contributed by atoms with Gasteiger partial charge in [0.05, 0.1) is 44.7 Å². The number of aliphatic hydroxyl groups is 14. The van der Waals surface area contributed by atoms with Gasteiger partial charge < -0.3 is 120 Å². The van der Waals surface area contributed by atoms with Gasteiger partial charge in [-0.05, 0) is 19.8 Å². The van der Waals surface area contributed by atoms with E-state index in [2.05, 4.69) is 24.5 Å². The van der Waals surface area contributed by atoms with Crippen molar-refractivity contribution in [1.29, 1.82) is 0 Å². The van der Waals surface area contributed by atoms with E-state index < -0.39 is 185 Å². The Morgan fingerprint density at radius 2 is 0.819 bits per heavy atom. The van der Waals surface area contributed by atoms with E-state index in [1.54, 1.807) is 0 Å². The second-order valence-corrected chi connectivity index (χ2v) is 27.1. The number of carbonyl (C=O) groups is 2. The van der Waals surface area contributed by atoms with Crippen molar-refractivity contribution in [3.8, 4) is 0 Å². The minimum atomic E-state index is -2.10. The first kappa shape index (κ1) is 84.5. The van der Waals surface area contributed by atoms with Gasteiger partial charge in [-0.3, -0.25) is 9.59 Å². The second-order valence-electron chi connectivity index (χ2n) is 27.1. The van der Waals surface area contributed by atoms with Gasteiger partial charge in [0, 0.05) is 6.92 Å². The predicted octanol–water partition coefficient (Wildman–Crippen LogP) is 3.32. The maximum Gasteiger partial charge on any atom is 0.249 e. The van der Waals surface area contributed by atoms with Gasteiger partial charge in [0.2, 0.25) is 11.8 Å². The molecule has 4 aliphatic heterocycles. The molecule has 0 aromatic heterocycles. The molecule has 4 saturated heterocycles. The Labute approximate surface area is 559 Å². The van der Waals surface area contributed by atoms with Gasteiger partial charge in [-0.2, -0.15) is 0 Å². The van der Waals surface area contributed by atoms with Crippen molar-refractivity contribution in [3.05, 3.63) is 0 Å². The first-order valence-corrected chi connectivity index (χ1v) is 36.3. The van der Waals surface area contributed by atoms with Crippen molar-refractivity contribution in [1.82, 2.24) is 10.6 Å². The molecule has 554 valence electrons. The van der Waals surface area contributed by atoms with Crippen LogP contribution in [0.1, 0.15) is 246 Å². The van der Waals surface area contributed by atoms with Crippen molar-refractivity contribution in [2.45, 2.75) is 393 Å². The van der Waals surface area contributed by atoms with Crippen LogP contribution in [0.5, 0.6) is 0 Å². The molecule has 4 fully saturated rings. The quantitative estimate of drug-likeness (QED) is 0.0388. The van der Waals surface area contributed by atoms with E-state index in [0.717, 1.165) is 64.7 Å². The summed E-state index contributed by atoms with van der Waals surface area (Å²) in [6.45, 7) is 3.79. The van der Waals surface area contributed by atoms with Gasteiger partial charge in [0.25, 0.3) is 0 Å². The first-order chi connectivity index (χ1) is 45.2. The molecule has 94 heavy (non-hydrogen) atoms. The summed E-state index contributed by atoms with van der Waals surface area (Å²) in [5.74, 6) is -1.55. The molecule has 26 nitrogen and oxygen atoms in total. The Morgan fingerprint density at radius 1 is 0.426 bits per heavy atom. The minimum Gasteiger partial charge on any atom is -0.394 e. The highest BCUT2D eigenvalue weighted by Crippen LogP contribution is 2.34. The zero-order chi connectivity index (χ0) is 69.0. The summed E-state index contributed by atoms with van der Waals surface area (Å²) in [4.78, 5) is 26.3. The van der Waals surface area contributed by atoms with E-state index in [4.69, 9.17) is 37.9 Å². The molecule has 2 amide bonds. The van der Waals surface area contributed by atoms with Crippen molar-refractivity contribution in [2.24, 2.45) is 0 Å². The molecule has 16 N–H and O–H groups in total. The fraction of sp³-hybridized carbons (Fsp3) is 0.971. The van der Waals surface area contributed by atoms with Crippen LogP contribution in [0.3, 0.4) is 0 Å². The van der Waals surface area contributed by atoms with E-state index >= 15 is 0 Å². The molecule has 24 atom stereocenters. The summed E-state index contributed by atoms with van der Waals surface area (Å²) in [7, 11) is 0. The number of unbranched alkanes of at least 4 members (excludes halogenated alkanes) is 30. The number of aliphatic hydroxyl groups excluding tert-OH is 14. The molecule has 0 spiro atoms. The molecule has 4 heterocycles. The molecule has 0 bridgehead atoms. The smallest absolute Gasteiger partial charge is 0.249 e. The summed E-state index contributed by atoms with van der Waals surface area (Å²) in [6.07, 6.45) is -0.482. The SMILES string of the molecule is CCCCCCCCCCCCCCCCCCCCCCC(O)C(=O)NC(COC1OC(CO)C(O)C(O)C1OC1OC(COC2OC(CO)C(O)C(OC3OC(C)C(O)C(O)C3O)C2NC(C)=O)C(O)C(O)C1O)C(O)C(O)CCCCCCCCCCCCCC. The molecule has 4 aliphatic rings. The van der Waals surface area contributed by atoms with Crippen LogP contribution in [0.25, 0.3) is 0 Å². The Morgan fingerprint density at radius 3 is 1.29 bits per heavy atom. The lowest BCUT2D eigenvalue weighted by molar-refractivity contribution is -0.373. The zero-order valence-corrected chi connectivity index (χ0v) is 57.1. The van der Waals surface area contributed by atoms with E-state index in [0.29, 0.717) is 12.8 Å². The second kappa shape index (κ2) is 48.0. The standard InChI is InChI=1S/C68H128N2O24/c1-5-7-9-11-13-15-17-19-20-21-22-23-24-25-26-28-30-32-34-36-38-47(75)64(86)70-45(53(77)46(74)37-35-33-31-29-27-18-16-14-12-10-8-6-2)41-87-68-63(59(83)54(78)48(39-71)91-68)94-67-61(85)58(82)55(79)50(92-67)42-88-65-51(69-44(4)73)62(56(80)49(40-72)90-65)93-66-60(84)57(81)52(76)43(3)89-66/h43,45-63,65-68,71-72,74-85H,5-42H2,1-4H3,(H,69,73)(H,70,86). The molecular formula is C68H128N2O24. The van der Waals surface area contributed by atoms with Crippen LogP contribution in [0.15, 0.2) is 0 Å². The van der Waals surface area contributed by atoms with Gasteiger partial charge in [-0.15, -0.1) is 0 Å². The normalized spacial score (nSPS) is 32.8. The maximum absolute atomic E-state index is 13.7. The third-order valence-electron chi connectivity index (χ3n) is 19.1. The Hall–Kier alpha value is -1.94. The number of carbonyl (C=O) groups excluding carboxylic acids is 2. The topological polar surface area (TPSA) is 415 Å². The molecular weight excluding hydrogens is 1230 g/mol. The van der Waals surface area contributed by atoms with Gasteiger partial charge in [0.15, 0.2) is 25.2 Å². The number of hydrogen-bond donors (Lipinski definition) is 16. The number of rotatable bonds is 51. The summed E-state index contributed by atoms with van der Waals surface area (Å²) in [5, 5.41) is 159. The highest BCUT2D eigenvalue weighted by Gasteiger charge is 2.54. The van der Waals surface area contributed by atoms with Crippen LogP contribution >= 0.6 is 0 Å². The molecule has 0 radical (unpaired) electrons. The minimum absolute atomic E-state index is 0.124. The monoisotopic (exact) mass is 1360 g/mol. The van der Waals surface area contributed by atoms with Crippen LogP contribution in [0, 0.1) is 0 Å². The van der Waals surface area contributed by atoms with E-state index in [1.807, 2.05) is 0 Å². The van der Waals surface area contributed by atoms with Crippen LogP contribution in [0.2, 0.25) is 0 Å². The van der Waals surface area contributed by atoms with Gasteiger partial charge in [0.1, 0.15) is 104 Å². The predicted molar refractivity (Wildman–Crippen MR) is 346 cm³/mol. The number of nitrogens with one attached hydrogen (secondary N) is 2. The molecule has 0 aliphatic carbocycles. The largest absolute Gasteiger partial charge is 0.394 e. The highest BCUT2D eigenvalue weighted by molar-refractivity contribution is 5.80. The van der Waals surface area contributed by atoms with Gasteiger partial charge >= 0.3 is 0 Å². The molecule has 0 aromatic rings. The Bertz CT molecular complexity index is 1940. The van der Waals surface area contributed by atoms with Crippen LogP contribution in [-0.2, 0) is 47.5 Å². The molecule has 26 heteroatoms. The number of amides is 2. The summed E-state index contributed by atoms with van der Waals surface area (Å²) >= 11 is 0. The fourth-order valence-electron chi connectivity index (χ4n) is 12.9. The van der Waals surface area contributed by atoms with E-state index in [9.17, 15) is 81.1 Å². The summed E-state index contributed by atoms with van der Waals surface area (Å²) in [6, 6.07) is -2.93. The molecule has 0 aromatic carbocycles. The summed E-state index contributed by atoms with van der Waals surface area (Å²) in [5.41, 5.74) is 0. The highest BCUT2D eigenvalue weighted by atomic mass is 16.8. The van der Waals surface area contributed by atoms with Crippen LogP contribution in [0.4, 0.5) is 0 Å². The number of hydrogen-bond acceptors (Lipinski definition) is 24. The van der Waals surface area contributed by atoms with Crippen LogP contribution in [-0.4, -0.2) is 257 Å². The van der Waals surface area contributed by atoms with Crippen molar-refractivity contribution >= 4 is 11.8 Å². The Balaban J connectivity index is 1.38. The van der Waals surface area contributed by atoms with Gasteiger partial charge in [-0.25, -0.2) is 0 Å².